The van der Waals surface area contributed by atoms with Crippen LogP contribution < -0.4 is 5.32 Å². The van der Waals surface area contributed by atoms with Gasteiger partial charge in [-0.25, -0.2) is 0 Å². The quantitative estimate of drug-likeness (QED) is 0.852. The summed E-state index contributed by atoms with van der Waals surface area (Å²) in [6.07, 6.45) is 1.94. The molecule has 1 aromatic carbocycles. The van der Waals surface area contributed by atoms with Gasteiger partial charge in [0.05, 0.1) is 13.2 Å². The summed E-state index contributed by atoms with van der Waals surface area (Å²) in [6, 6.07) is 8.76. The monoisotopic (exact) mass is 345 g/mol. The van der Waals surface area contributed by atoms with Crippen LogP contribution in [0.4, 0.5) is 0 Å². The van der Waals surface area contributed by atoms with E-state index >= 15 is 0 Å². The smallest absolute Gasteiger partial charge is 0.223 e. The molecule has 0 aliphatic carbocycles. The fourth-order valence-electron chi connectivity index (χ4n) is 3.61. The summed E-state index contributed by atoms with van der Waals surface area (Å²) in [5, 5.41) is 3.13. The molecule has 1 amide bonds. The molecule has 0 aromatic heterocycles. The Kier molecular flexibility index (Phi) is 6.84. The van der Waals surface area contributed by atoms with E-state index in [2.05, 4.69) is 46.3 Å². The molecule has 3 rings (SSSR count). The number of benzene rings is 1. The highest BCUT2D eigenvalue weighted by Gasteiger charge is 2.24. The summed E-state index contributed by atoms with van der Waals surface area (Å²) in [7, 11) is 0. The average molecular weight is 345 g/mol. The maximum atomic E-state index is 12.4. The Morgan fingerprint density at radius 3 is 2.44 bits per heavy atom. The molecule has 2 heterocycles. The van der Waals surface area contributed by atoms with Gasteiger partial charge in [0.25, 0.3) is 0 Å². The van der Waals surface area contributed by atoms with Gasteiger partial charge in [-0.1, -0.05) is 29.8 Å². The van der Waals surface area contributed by atoms with Crippen molar-refractivity contribution < 1.29 is 9.53 Å². The number of morpholine rings is 1. The summed E-state index contributed by atoms with van der Waals surface area (Å²) < 4.78 is 5.35. The molecule has 1 aromatic rings. The molecule has 0 unspecified atom stereocenters. The van der Waals surface area contributed by atoms with Crippen LogP contribution in [0.25, 0.3) is 0 Å². The maximum absolute atomic E-state index is 12.4. The second-order valence-electron chi connectivity index (χ2n) is 7.28. The van der Waals surface area contributed by atoms with E-state index < -0.39 is 0 Å². The number of piperidine rings is 1. The molecule has 1 N–H and O–H groups in total. The largest absolute Gasteiger partial charge is 0.379 e. The fraction of sp³-hybridized carbons (Fsp3) is 0.650. The number of rotatable bonds is 6. The highest BCUT2D eigenvalue weighted by atomic mass is 16.5. The van der Waals surface area contributed by atoms with Crippen molar-refractivity contribution >= 4 is 5.91 Å². The third kappa shape index (κ3) is 5.80. The van der Waals surface area contributed by atoms with E-state index in [0.29, 0.717) is 0 Å². The van der Waals surface area contributed by atoms with Crippen LogP contribution in [-0.4, -0.2) is 68.2 Å². The predicted molar refractivity (Wildman–Crippen MR) is 99.4 cm³/mol. The van der Waals surface area contributed by atoms with Crippen molar-refractivity contribution in [2.75, 3.05) is 52.5 Å². The third-order valence-corrected chi connectivity index (χ3v) is 5.32. The van der Waals surface area contributed by atoms with Crippen molar-refractivity contribution in [1.82, 2.24) is 15.1 Å². The Morgan fingerprint density at radius 2 is 1.76 bits per heavy atom. The number of ether oxygens (including phenoxy) is 1. The molecule has 5 nitrogen and oxygen atoms in total. The number of hydrogen-bond donors (Lipinski definition) is 1. The zero-order valence-electron chi connectivity index (χ0n) is 15.4. The SMILES string of the molecule is Cc1ccc(CN2CCC(C(=O)NCCN3CCOCC3)CC2)cc1. The van der Waals surface area contributed by atoms with E-state index in [-0.39, 0.29) is 11.8 Å². The molecular weight excluding hydrogens is 314 g/mol. The summed E-state index contributed by atoms with van der Waals surface area (Å²) in [6.45, 7) is 10.4. The van der Waals surface area contributed by atoms with Gasteiger partial charge in [0.15, 0.2) is 0 Å². The zero-order valence-corrected chi connectivity index (χ0v) is 15.4. The fourth-order valence-corrected chi connectivity index (χ4v) is 3.61. The molecule has 0 bridgehead atoms. The molecule has 2 aliphatic heterocycles. The summed E-state index contributed by atoms with van der Waals surface area (Å²) >= 11 is 0. The van der Waals surface area contributed by atoms with Crippen LogP contribution in [0.2, 0.25) is 0 Å². The molecular formula is C20H31N3O2. The van der Waals surface area contributed by atoms with Crippen LogP contribution >= 0.6 is 0 Å². The average Bonchev–Trinajstić information content (AvgIpc) is 2.65. The van der Waals surface area contributed by atoms with E-state index in [0.717, 1.165) is 71.9 Å². The van der Waals surface area contributed by atoms with E-state index in [9.17, 15) is 4.79 Å². The molecule has 0 radical (unpaired) electrons. The molecule has 138 valence electrons. The molecule has 2 fully saturated rings. The molecule has 5 heteroatoms. The van der Waals surface area contributed by atoms with Crippen LogP contribution in [0.1, 0.15) is 24.0 Å². The van der Waals surface area contributed by atoms with Crippen LogP contribution in [0, 0.1) is 12.8 Å². The van der Waals surface area contributed by atoms with E-state index in [1.807, 2.05) is 0 Å². The van der Waals surface area contributed by atoms with Gasteiger partial charge in [-0.2, -0.15) is 0 Å². The third-order valence-electron chi connectivity index (χ3n) is 5.32. The lowest BCUT2D eigenvalue weighted by molar-refractivity contribution is -0.126. The van der Waals surface area contributed by atoms with Gasteiger partial charge in [0.1, 0.15) is 0 Å². The Morgan fingerprint density at radius 1 is 1.08 bits per heavy atom. The predicted octanol–water partition coefficient (Wildman–Crippen LogP) is 1.66. The second kappa shape index (κ2) is 9.32. The van der Waals surface area contributed by atoms with Crippen molar-refractivity contribution in [3.63, 3.8) is 0 Å². The highest BCUT2D eigenvalue weighted by Crippen LogP contribution is 2.19. The number of nitrogens with zero attached hydrogens (tertiary/aromatic N) is 2. The van der Waals surface area contributed by atoms with E-state index in [4.69, 9.17) is 4.74 Å². The zero-order chi connectivity index (χ0) is 17.5. The lowest BCUT2D eigenvalue weighted by Crippen LogP contribution is -2.44. The highest BCUT2D eigenvalue weighted by molar-refractivity contribution is 5.78. The van der Waals surface area contributed by atoms with Gasteiger partial charge in [-0.15, -0.1) is 0 Å². The van der Waals surface area contributed by atoms with Crippen LogP contribution in [0.15, 0.2) is 24.3 Å². The van der Waals surface area contributed by atoms with Crippen molar-refractivity contribution in [3.8, 4) is 0 Å². The van der Waals surface area contributed by atoms with Gasteiger partial charge in [-0.3, -0.25) is 14.6 Å². The Bertz CT molecular complexity index is 532. The van der Waals surface area contributed by atoms with Crippen molar-refractivity contribution in [3.05, 3.63) is 35.4 Å². The van der Waals surface area contributed by atoms with E-state index in [1.54, 1.807) is 0 Å². The molecule has 25 heavy (non-hydrogen) atoms. The summed E-state index contributed by atoms with van der Waals surface area (Å²) in [5.74, 6) is 0.419. The van der Waals surface area contributed by atoms with Gasteiger partial charge < -0.3 is 10.1 Å². The number of likely N-dealkylation sites (tertiary alicyclic amines) is 1. The Balaban J connectivity index is 1.33. The molecule has 0 spiro atoms. The lowest BCUT2D eigenvalue weighted by atomic mass is 9.95. The maximum Gasteiger partial charge on any atom is 0.223 e. The van der Waals surface area contributed by atoms with Crippen LogP contribution in [0.3, 0.4) is 0 Å². The number of amides is 1. The summed E-state index contributed by atoms with van der Waals surface area (Å²) in [5.41, 5.74) is 2.66. The number of hydrogen-bond acceptors (Lipinski definition) is 4. The number of aryl methyl sites for hydroxylation is 1. The minimum absolute atomic E-state index is 0.180. The minimum Gasteiger partial charge on any atom is -0.379 e. The van der Waals surface area contributed by atoms with Gasteiger partial charge in [0, 0.05) is 38.6 Å². The van der Waals surface area contributed by atoms with Gasteiger partial charge in [-0.05, 0) is 38.4 Å². The van der Waals surface area contributed by atoms with Crippen LogP contribution in [-0.2, 0) is 16.1 Å². The first-order valence-corrected chi connectivity index (χ1v) is 9.56. The standard InChI is InChI=1S/C20H31N3O2/c1-17-2-4-18(5-3-17)16-23-9-6-19(7-10-23)20(24)21-8-11-22-12-14-25-15-13-22/h2-5,19H,6-16H2,1H3,(H,21,24). The minimum atomic E-state index is 0.180. The Labute approximate surface area is 151 Å². The van der Waals surface area contributed by atoms with Crippen molar-refractivity contribution in [1.29, 1.82) is 0 Å². The normalized spacial score (nSPS) is 20.5. The van der Waals surface area contributed by atoms with Crippen molar-refractivity contribution in [2.45, 2.75) is 26.3 Å². The number of carbonyl (C=O) groups excluding carboxylic acids is 1. The topological polar surface area (TPSA) is 44.8 Å². The lowest BCUT2D eigenvalue weighted by Gasteiger charge is -2.31. The first-order chi connectivity index (χ1) is 12.2. The molecule has 0 atom stereocenters. The second-order valence-corrected chi connectivity index (χ2v) is 7.28. The molecule has 0 saturated carbocycles. The van der Waals surface area contributed by atoms with Crippen LogP contribution in [0.5, 0.6) is 0 Å². The number of nitrogens with one attached hydrogen (secondary N) is 1. The molecule has 2 saturated heterocycles. The summed E-state index contributed by atoms with van der Waals surface area (Å²) in [4.78, 5) is 17.2. The van der Waals surface area contributed by atoms with E-state index in [1.165, 1.54) is 11.1 Å². The van der Waals surface area contributed by atoms with Crippen molar-refractivity contribution in [2.24, 2.45) is 5.92 Å². The first-order valence-electron chi connectivity index (χ1n) is 9.56. The van der Waals surface area contributed by atoms with Gasteiger partial charge in [0.2, 0.25) is 5.91 Å². The first kappa shape index (κ1) is 18.4. The molecule has 2 aliphatic rings. The van der Waals surface area contributed by atoms with Gasteiger partial charge >= 0.3 is 0 Å². The Hall–Kier alpha value is -1.43. The number of carbonyl (C=O) groups is 1.